The summed E-state index contributed by atoms with van der Waals surface area (Å²) in [6.45, 7) is 5.88. The Morgan fingerprint density at radius 1 is 0.921 bits per heavy atom. The molecule has 1 aliphatic heterocycles. The summed E-state index contributed by atoms with van der Waals surface area (Å²) in [6.07, 6.45) is 15.7. The van der Waals surface area contributed by atoms with Crippen LogP contribution in [0.5, 0.6) is 5.75 Å². The summed E-state index contributed by atoms with van der Waals surface area (Å²) < 4.78 is 6.04. The molecule has 208 valence electrons. The average molecular weight is 557 g/mol. The molecule has 38 heavy (non-hydrogen) atoms. The normalized spacial score (nSPS) is 13.0. The van der Waals surface area contributed by atoms with E-state index in [0.717, 1.165) is 25.3 Å². The molecule has 1 N–H and O–H groups in total. The van der Waals surface area contributed by atoms with E-state index in [1.54, 1.807) is 12.1 Å². The molecule has 3 rings (SSSR count). The SMILES string of the molecule is CCCCCCCCCCCCCCOc1cc(Cl)ccc1NC(=O)c1ccc(CN2CSC=C2C)cc1. The molecule has 0 unspecified atom stereocenters. The topological polar surface area (TPSA) is 41.6 Å². The number of hydrogen-bond donors (Lipinski definition) is 1. The van der Waals surface area contributed by atoms with Gasteiger partial charge in [-0.2, -0.15) is 0 Å². The number of nitrogens with one attached hydrogen (secondary N) is 1. The molecule has 0 spiro atoms. The standard InChI is InChI=1S/C32H45ClN2O2S/c1-3-4-5-6-7-8-9-10-11-12-13-14-21-37-31-22-29(33)19-20-30(31)34-32(36)28-17-15-27(16-18-28)23-35-25-38-24-26(35)2/h15-20,22,24H,3-14,21,23,25H2,1-2H3,(H,34,36). The first-order valence-corrected chi connectivity index (χ1v) is 15.9. The molecule has 0 aliphatic carbocycles. The predicted octanol–water partition coefficient (Wildman–Crippen LogP) is 10.0. The lowest BCUT2D eigenvalue weighted by atomic mass is 10.1. The molecule has 2 aromatic rings. The Kier molecular flexibility index (Phi) is 14.0. The summed E-state index contributed by atoms with van der Waals surface area (Å²) in [5.41, 5.74) is 3.75. The number of carbonyl (C=O) groups is 1. The van der Waals surface area contributed by atoms with Crippen LogP contribution in [0.4, 0.5) is 5.69 Å². The van der Waals surface area contributed by atoms with Gasteiger partial charge in [-0.15, -0.1) is 11.8 Å². The molecule has 2 aromatic carbocycles. The third-order valence-corrected chi connectivity index (χ3v) is 8.22. The minimum Gasteiger partial charge on any atom is -0.491 e. The fraction of sp³-hybridized carbons (Fsp3) is 0.531. The quantitative estimate of drug-likeness (QED) is 0.185. The van der Waals surface area contributed by atoms with E-state index in [1.165, 1.54) is 75.5 Å². The molecule has 0 aromatic heterocycles. The van der Waals surface area contributed by atoms with Gasteiger partial charge in [0.15, 0.2) is 0 Å². The summed E-state index contributed by atoms with van der Waals surface area (Å²) in [7, 11) is 0. The number of unbranched alkanes of at least 4 members (excludes halogenated alkanes) is 11. The highest BCUT2D eigenvalue weighted by Crippen LogP contribution is 2.29. The predicted molar refractivity (Wildman–Crippen MR) is 164 cm³/mol. The second-order valence-electron chi connectivity index (χ2n) is 10.3. The zero-order valence-electron chi connectivity index (χ0n) is 23.3. The largest absolute Gasteiger partial charge is 0.491 e. The maximum absolute atomic E-state index is 12.9. The number of hydrogen-bond acceptors (Lipinski definition) is 4. The first kappa shape index (κ1) is 30.4. The first-order valence-electron chi connectivity index (χ1n) is 14.4. The van der Waals surface area contributed by atoms with Crippen molar-refractivity contribution in [1.82, 2.24) is 4.90 Å². The molecule has 1 heterocycles. The fourth-order valence-corrected chi connectivity index (χ4v) is 5.72. The van der Waals surface area contributed by atoms with E-state index in [2.05, 4.69) is 29.5 Å². The summed E-state index contributed by atoms with van der Waals surface area (Å²) in [5, 5.41) is 5.79. The summed E-state index contributed by atoms with van der Waals surface area (Å²) in [6, 6.07) is 13.2. The van der Waals surface area contributed by atoms with Crippen LogP contribution in [0.1, 0.15) is 107 Å². The van der Waals surface area contributed by atoms with Crippen LogP contribution in [0.15, 0.2) is 53.6 Å². The fourth-order valence-electron chi connectivity index (χ4n) is 4.61. The molecular formula is C32H45ClN2O2S. The smallest absolute Gasteiger partial charge is 0.255 e. The van der Waals surface area contributed by atoms with Crippen LogP contribution in [-0.2, 0) is 6.54 Å². The average Bonchev–Trinajstić information content (AvgIpc) is 3.32. The first-order chi connectivity index (χ1) is 18.6. The van der Waals surface area contributed by atoms with E-state index in [4.69, 9.17) is 16.3 Å². The molecular weight excluding hydrogens is 512 g/mol. The van der Waals surface area contributed by atoms with Gasteiger partial charge >= 0.3 is 0 Å². The van der Waals surface area contributed by atoms with Crippen molar-refractivity contribution in [3.8, 4) is 5.75 Å². The van der Waals surface area contributed by atoms with Crippen molar-refractivity contribution in [3.63, 3.8) is 0 Å². The Morgan fingerprint density at radius 3 is 2.16 bits per heavy atom. The van der Waals surface area contributed by atoms with Crippen LogP contribution in [0.3, 0.4) is 0 Å². The summed E-state index contributed by atoms with van der Waals surface area (Å²) in [4.78, 5) is 15.3. The van der Waals surface area contributed by atoms with Gasteiger partial charge in [0.05, 0.1) is 18.2 Å². The second kappa shape index (κ2) is 17.5. The summed E-state index contributed by atoms with van der Waals surface area (Å²) >= 11 is 8.04. The van der Waals surface area contributed by atoms with Gasteiger partial charge in [-0.05, 0) is 48.6 Å². The van der Waals surface area contributed by atoms with E-state index in [0.29, 0.717) is 28.6 Å². The van der Waals surface area contributed by atoms with Gasteiger partial charge in [0.2, 0.25) is 0 Å². The minimum atomic E-state index is -0.151. The molecule has 0 bridgehead atoms. The Morgan fingerprint density at radius 2 is 1.55 bits per heavy atom. The van der Waals surface area contributed by atoms with E-state index in [-0.39, 0.29) is 5.91 Å². The molecule has 4 nitrogen and oxygen atoms in total. The van der Waals surface area contributed by atoms with Crippen LogP contribution >= 0.6 is 23.4 Å². The molecule has 0 saturated heterocycles. The molecule has 0 saturated carbocycles. The van der Waals surface area contributed by atoms with Crippen molar-refractivity contribution in [2.75, 3.05) is 17.8 Å². The lowest BCUT2D eigenvalue weighted by molar-refractivity contribution is 0.102. The maximum Gasteiger partial charge on any atom is 0.255 e. The highest BCUT2D eigenvalue weighted by Gasteiger charge is 2.14. The minimum absolute atomic E-state index is 0.151. The van der Waals surface area contributed by atoms with Gasteiger partial charge in [-0.1, -0.05) is 101 Å². The maximum atomic E-state index is 12.9. The zero-order chi connectivity index (χ0) is 27.0. The number of carbonyl (C=O) groups excluding carboxylic acids is 1. The van der Waals surface area contributed by atoms with Crippen molar-refractivity contribution in [1.29, 1.82) is 0 Å². The number of ether oxygens (including phenoxy) is 1. The zero-order valence-corrected chi connectivity index (χ0v) is 24.8. The number of anilines is 1. The van der Waals surface area contributed by atoms with Crippen LogP contribution in [0.25, 0.3) is 0 Å². The second-order valence-corrected chi connectivity index (χ2v) is 11.5. The molecule has 6 heteroatoms. The molecule has 1 amide bonds. The number of thioether (sulfide) groups is 1. The number of rotatable bonds is 18. The Hall–Kier alpha value is -2.11. The lowest BCUT2D eigenvalue weighted by Gasteiger charge is -2.19. The van der Waals surface area contributed by atoms with Crippen molar-refractivity contribution in [2.24, 2.45) is 0 Å². The van der Waals surface area contributed by atoms with Crippen LogP contribution in [-0.4, -0.2) is 23.3 Å². The molecule has 1 aliphatic rings. The van der Waals surface area contributed by atoms with Crippen LogP contribution in [0.2, 0.25) is 5.02 Å². The lowest BCUT2D eigenvalue weighted by Crippen LogP contribution is -2.17. The van der Waals surface area contributed by atoms with E-state index in [9.17, 15) is 4.79 Å². The van der Waals surface area contributed by atoms with Crippen molar-refractivity contribution in [2.45, 2.75) is 97.4 Å². The number of halogens is 1. The number of benzene rings is 2. The van der Waals surface area contributed by atoms with Gasteiger partial charge in [-0.3, -0.25) is 4.79 Å². The van der Waals surface area contributed by atoms with Crippen molar-refractivity contribution in [3.05, 3.63) is 69.7 Å². The molecule has 0 atom stereocenters. The summed E-state index contributed by atoms with van der Waals surface area (Å²) in [5.74, 6) is 1.45. The number of allylic oxidation sites excluding steroid dienone is 1. The van der Waals surface area contributed by atoms with Crippen molar-refractivity contribution < 1.29 is 9.53 Å². The molecule has 0 radical (unpaired) electrons. The number of nitrogens with zero attached hydrogens (tertiary/aromatic N) is 1. The van der Waals surface area contributed by atoms with Crippen molar-refractivity contribution >= 4 is 35.0 Å². The van der Waals surface area contributed by atoms with Gasteiger partial charge in [0.1, 0.15) is 5.75 Å². The molecule has 0 fully saturated rings. The third-order valence-electron chi connectivity index (χ3n) is 7.02. The van der Waals surface area contributed by atoms with Gasteiger partial charge in [0, 0.05) is 28.9 Å². The van der Waals surface area contributed by atoms with E-state index < -0.39 is 0 Å². The Labute approximate surface area is 239 Å². The Balaban J connectivity index is 1.36. The Bertz CT molecular complexity index is 1010. The van der Waals surface area contributed by atoms with Crippen LogP contribution in [0, 0.1) is 0 Å². The monoisotopic (exact) mass is 556 g/mol. The number of amides is 1. The highest BCUT2D eigenvalue weighted by atomic mass is 35.5. The van der Waals surface area contributed by atoms with E-state index in [1.807, 2.05) is 42.1 Å². The third kappa shape index (κ3) is 10.9. The van der Waals surface area contributed by atoms with Gasteiger partial charge in [-0.25, -0.2) is 0 Å². The van der Waals surface area contributed by atoms with E-state index >= 15 is 0 Å². The highest BCUT2D eigenvalue weighted by molar-refractivity contribution is 8.02. The van der Waals surface area contributed by atoms with Gasteiger partial charge < -0.3 is 15.0 Å². The van der Waals surface area contributed by atoms with Crippen LogP contribution < -0.4 is 10.1 Å². The van der Waals surface area contributed by atoms with Gasteiger partial charge in [0.25, 0.3) is 5.91 Å².